The fourth-order valence-corrected chi connectivity index (χ4v) is 4.32. The molecule has 0 fully saturated rings. The van der Waals surface area contributed by atoms with Gasteiger partial charge in [0, 0.05) is 48.7 Å². The van der Waals surface area contributed by atoms with Gasteiger partial charge < -0.3 is 9.62 Å². The summed E-state index contributed by atoms with van der Waals surface area (Å²) in [6, 6.07) is 15.0. The van der Waals surface area contributed by atoms with Crippen LogP contribution in [0.5, 0.6) is 0 Å². The second-order valence-corrected chi connectivity index (χ2v) is 8.55. The lowest BCUT2D eigenvalue weighted by atomic mass is 10.0. The molecule has 1 aliphatic heterocycles. The third-order valence-electron chi connectivity index (χ3n) is 5.39. The molecular formula is C25H18F2N4OS. The van der Waals surface area contributed by atoms with Crippen LogP contribution in [0.15, 0.2) is 78.1 Å². The SMILES string of the molecule is CN1Cc2cc(-c3ccc(-c4cncc(NSc5ccc(F)cc5F)c4)nc3)ccc2C1=O. The Hall–Kier alpha value is -3.78. The van der Waals surface area contributed by atoms with Crippen molar-refractivity contribution in [3.63, 3.8) is 0 Å². The number of rotatable bonds is 5. The first-order chi connectivity index (χ1) is 16.0. The third kappa shape index (κ3) is 4.29. The summed E-state index contributed by atoms with van der Waals surface area (Å²) in [5.74, 6) is -1.20. The average Bonchev–Trinajstić information content (AvgIpc) is 3.11. The van der Waals surface area contributed by atoms with Crippen LogP contribution in [0.25, 0.3) is 22.4 Å². The van der Waals surface area contributed by atoms with Crippen LogP contribution in [0.1, 0.15) is 15.9 Å². The number of nitrogens with one attached hydrogen (secondary N) is 1. The van der Waals surface area contributed by atoms with Gasteiger partial charge in [-0.15, -0.1) is 0 Å². The van der Waals surface area contributed by atoms with Crippen LogP contribution in [-0.2, 0) is 6.54 Å². The second-order valence-electron chi connectivity index (χ2n) is 7.71. The summed E-state index contributed by atoms with van der Waals surface area (Å²) >= 11 is 1.04. The number of carbonyl (C=O) groups excluding carboxylic acids is 1. The lowest BCUT2D eigenvalue weighted by Crippen LogP contribution is -2.17. The van der Waals surface area contributed by atoms with E-state index in [1.54, 1.807) is 30.5 Å². The first kappa shape index (κ1) is 21.1. The predicted octanol–water partition coefficient (Wildman–Crippen LogP) is 5.79. The summed E-state index contributed by atoms with van der Waals surface area (Å²) in [7, 11) is 1.80. The van der Waals surface area contributed by atoms with E-state index in [4.69, 9.17) is 0 Å². The molecule has 1 N–H and O–H groups in total. The van der Waals surface area contributed by atoms with Crippen molar-refractivity contribution in [2.45, 2.75) is 11.4 Å². The number of hydrogen-bond acceptors (Lipinski definition) is 5. The van der Waals surface area contributed by atoms with E-state index in [-0.39, 0.29) is 10.8 Å². The zero-order valence-corrected chi connectivity index (χ0v) is 18.4. The van der Waals surface area contributed by atoms with Gasteiger partial charge in [0.1, 0.15) is 11.6 Å². The Morgan fingerprint density at radius 2 is 1.79 bits per heavy atom. The zero-order valence-electron chi connectivity index (χ0n) is 17.5. The molecule has 0 radical (unpaired) electrons. The van der Waals surface area contributed by atoms with Crippen LogP contribution >= 0.6 is 11.9 Å². The number of carbonyl (C=O) groups is 1. The fourth-order valence-electron chi connectivity index (χ4n) is 3.69. The minimum Gasteiger partial charge on any atom is -0.337 e. The molecule has 4 aromatic rings. The number of benzene rings is 2. The fraction of sp³-hybridized carbons (Fsp3) is 0.0800. The Kier molecular flexibility index (Phi) is 5.51. The summed E-state index contributed by atoms with van der Waals surface area (Å²) in [6.07, 6.45) is 5.11. The molecule has 0 spiro atoms. The number of aromatic nitrogens is 2. The monoisotopic (exact) mass is 460 g/mol. The second kappa shape index (κ2) is 8.63. The van der Waals surface area contributed by atoms with Crippen molar-refractivity contribution in [1.82, 2.24) is 14.9 Å². The van der Waals surface area contributed by atoms with Crippen LogP contribution in [0.2, 0.25) is 0 Å². The highest BCUT2D eigenvalue weighted by molar-refractivity contribution is 8.00. The Morgan fingerprint density at radius 3 is 2.58 bits per heavy atom. The first-order valence-electron chi connectivity index (χ1n) is 10.2. The van der Waals surface area contributed by atoms with Crippen molar-refractivity contribution in [3.05, 3.63) is 95.9 Å². The Bertz CT molecular complexity index is 1360. The Balaban J connectivity index is 1.32. The maximum atomic E-state index is 13.8. The van der Waals surface area contributed by atoms with Crippen molar-refractivity contribution in [1.29, 1.82) is 0 Å². The van der Waals surface area contributed by atoms with Gasteiger partial charge in [-0.2, -0.15) is 0 Å². The van der Waals surface area contributed by atoms with Gasteiger partial charge in [0.05, 0.1) is 22.5 Å². The van der Waals surface area contributed by atoms with Crippen LogP contribution in [0.4, 0.5) is 14.5 Å². The van der Waals surface area contributed by atoms with Gasteiger partial charge in [0.15, 0.2) is 0 Å². The summed E-state index contributed by atoms with van der Waals surface area (Å²) in [5, 5.41) is 0. The molecule has 1 amide bonds. The van der Waals surface area contributed by atoms with Gasteiger partial charge in [0.25, 0.3) is 5.91 Å². The topological polar surface area (TPSA) is 58.1 Å². The van der Waals surface area contributed by atoms with Crippen molar-refractivity contribution in [2.75, 3.05) is 11.8 Å². The van der Waals surface area contributed by atoms with Crippen LogP contribution < -0.4 is 4.72 Å². The van der Waals surface area contributed by atoms with Crippen LogP contribution in [0, 0.1) is 11.6 Å². The molecule has 3 heterocycles. The summed E-state index contributed by atoms with van der Waals surface area (Å²) in [4.78, 5) is 22.9. The molecule has 8 heteroatoms. The molecule has 0 bridgehead atoms. The highest BCUT2D eigenvalue weighted by atomic mass is 32.2. The van der Waals surface area contributed by atoms with E-state index in [0.29, 0.717) is 12.2 Å². The molecule has 2 aromatic heterocycles. The maximum Gasteiger partial charge on any atom is 0.254 e. The number of halogens is 2. The minimum atomic E-state index is -0.628. The molecule has 33 heavy (non-hydrogen) atoms. The van der Waals surface area contributed by atoms with Gasteiger partial charge >= 0.3 is 0 Å². The van der Waals surface area contributed by atoms with Crippen molar-refractivity contribution < 1.29 is 13.6 Å². The van der Waals surface area contributed by atoms with Crippen LogP contribution in [0.3, 0.4) is 0 Å². The summed E-state index contributed by atoms with van der Waals surface area (Å²) in [6.45, 7) is 0.610. The van der Waals surface area contributed by atoms with Gasteiger partial charge in [-0.1, -0.05) is 12.1 Å². The quantitative estimate of drug-likeness (QED) is 0.382. The van der Waals surface area contributed by atoms with E-state index >= 15 is 0 Å². The standard InChI is InChI=1S/C25H18F2N4OS/c1-31-14-18-8-15(2-5-21(18)25(31)32)16-3-6-23(29-12-16)17-9-20(13-28-11-17)30-33-24-7-4-19(26)10-22(24)27/h2-13,30H,14H2,1H3. The smallest absolute Gasteiger partial charge is 0.254 e. The molecule has 0 saturated carbocycles. The highest BCUT2D eigenvalue weighted by Gasteiger charge is 2.24. The zero-order chi connectivity index (χ0) is 22.9. The van der Waals surface area contributed by atoms with E-state index in [9.17, 15) is 13.6 Å². The molecule has 1 aliphatic rings. The van der Waals surface area contributed by atoms with Crippen molar-refractivity contribution in [3.8, 4) is 22.4 Å². The average molecular weight is 461 g/mol. The van der Waals surface area contributed by atoms with Gasteiger partial charge in [0.2, 0.25) is 0 Å². The van der Waals surface area contributed by atoms with E-state index in [1.165, 1.54) is 12.1 Å². The number of anilines is 1. The number of fused-ring (bicyclic) bond motifs is 1. The molecule has 2 aromatic carbocycles. The molecular weight excluding hydrogens is 442 g/mol. The van der Waals surface area contributed by atoms with Gasteiger partial charge in [-0.05, 0) is 59.5 Å². The molecule has 0 saturated heterocycles. The number of pyridine rings is 2. The normalized spacial score (nSPS) is 12.7. The number of amides is 1. The Morgan fingerprint density at radius 1 is 0.939 bits per heavy atom. The van der Waals surface area contributed by atoms with E-state index in [2.05, 4.69) is 14.7 Å². The maximum absolute atomic E-state index is 13.8. The number of nitrogens with zero attached hydrogens (tertiary/aromatic N) is 3. The van der Waals surface area contributed by atoms with E-state index < -0.39 is 11.6 Å². The van der Waals surface area contributed by atoms with Crippen molar-refractivity contribution in [2.24, 2.45) is 0 Å². The predicted molar refractivity (Wildman–Crippen MR) is 125 cm³/mol. The summed E-state index contributed by atoms with van der Waals surface area (Å²) in [5.41, 5.74) is 5.92. The third-order valence-corrected chi connectivity index (χ3v) is 6.28. The van der Waals surface area contributed by atoms with E-state index in [0.717, 1.165) is 51.5 Å². The number of hydrogen-bond donors (Lipinski definition) is 1. The largest absolute Gasteiger partial charge is 0.337 e. The lowest BCUT2D eigenvalue weighted by Gasteiger charge is -2.09. The highest BCUT2D eigenvalue weighted by Crippen LogP contribution is 2.30. The first-order valence-corrected chi connectivity index (χ1v) is 11.0. The molecule has 0 unspecified atom stereocenters. The van der Waals surface area contributed by atoms with E-state index in [1.807, 2.05) is 36.4 Å². The minimum absolute atomic E-state index is 0.0475. The molecule has 5 nitrogen and oxygen atoms in total. The van der Waals surface area contributed by atoms with Gasteiger partial charge in [-0.25, -0.2) is 8.78 Å². The van der Waals surface area contributed by atoms with Crippen molar-refractivity contribution >= 4 is 23.5 Å². The summed E-state index contributed by atoms with van der Waals surface area (Å²) < 4.78 is 29.9. The molecule has 0 aliphatic carbocycles. The van der Waals surface area contributed by atoms with Crippen LogP contribution in [-0.4, -0.2) is 27.8 Å². The Labute approximate surface area is 193 Å². The molecule has 5 rings (SSSR count). The molecule has 0 atom stereocenters. The molecule has 164 valence electrons. The lowest BCUT2D eigenvalue weighted by molar-refractivity contribution is 0.0816. The van der Waals surface area contributed by atoms with Gasteiger partial charge in [-0.3, -0.25) is 14.8 Å².